The molecule has 1 aromatic rings. The van der Waals surface area contributed by atoms with Crippen molar-refractivity contribution in [3.05, 3.63) is 29.8 Å². The van der Waals surface area contributed by atoms with Gasteiger partial charge in [0.05, 0.1) is 0 Å². The molecule has 0 aromatic heterocycles. The minimum Gasteiger partial charge on any atom is -0.489 e. The van der Waals surface area contributed by atoms with Gasteiger partial charge in [-0.15, -0.1) is 0 Å². The molecule has 2 aliphatic rings. The molecule has 0 heterocycles. The summed E-state index contributed by atoms with van der Waals surface area (Å²) >= 11 is 0. The summed E-state index contributed by atoms with van der Waals surface area (Å²) in [6.45, 7) is 2.12. The maximum absolute atomic E-state index is 6.34. The van der Waals surface area contributed by atoms with Crippen molar-refractivity contribution in [2.75, 3.05) is 0 Å². The highest BCUT2D eigenvalue weighted by Crippen LogP contribution is 2.28. The Balaban J connectivity index is 1.65. The van der Waals surface area contributed by atoms with Crippen molar-refractivity contribution in [3.63, 3.8) is 0 Å². The highest BCUT2D eigenvalue weighted by molar-refractivity contribution is 5.32. The van der Waals surface area contributed by atoms with E-state index in [1.54, 1.807) is 0 Å². The third-order valence-corrected chi connectivity index (χ3v) is 5.07. The van der Waals surface area contributed by atoms with Crippen LogP contribution in [0.4, 0.5) is 0 Å². The van der Waals surface area contributed by atoms with Crippen LogP contribution in [0.2, 0.25) is 0 Å². The average Bonchev–Trinajstić information content (AvgIpc) is 2.89. The second-order valence-corrected chi connectivity index (χ2v) is 6.68. The van der Waals surface area contributed by atoms with Crippen molar-refractivity contribution in [3.8, 4) is 5.75 Å². The van der Waals surface area contributed by atoms with Crippen molar-refractivity contribution in [2.24, 2.45) is 5.73 Å². The Kier molecular flexibility index (Phi) is 4.81. The smallest absolute Gasteiger partial charge is 0.122 e. The summed E-state index contributed by atoms with van der Waals surface area (Å²) in [5.41, 5.74) is 7.44. The summed E-state index contributed by atoms with van der Waals surface area (Å²) in [6.07, 6.45) is 8.84. The quantitative estimate of drug-likeness (QED) is 0.894. The van der Waals surface area contributed by atoms with E-state index >= 15 is 0 Å². The molecule has 21 heavy (non-hydrogen) atoms. The van der Waals surface area contributed by atoms with Crippen LogP contribution in [0.15, 0.2) is 24.3 Å². The van der Waals surface area contributed by atoms with Gasteiger partial charge in [-0.1, -0.05) is 31.0 Å². The molecule has 3 N–H and O–H groups in total. The standard InChI is InChI=1S/C18H28N2O/c1-13-7-2-4-11-17(13)21-18-12-5-3-9-16(18)20-15-10-6-8-14(15)19/h2,4,7,11,14-16,18,20H,3,5-6,8-10,12,19H2,1H3. The number of rotatable bonds is 4. The fourth-order valence-electron chi connectivity index (χ4n) is 3.75. The third-order valence-electron chi connectivity index (χ3n) is 5.07. The summed E-state index contributed by atoms with van der Waals surface area (Å²) in [7, 11) is 0. The van der Waals surface area contributed by atoms with E-state index in [-0.39, 0.29) is 6.10 Å². The maximum Gasteiger partial charge on any atom is 0.122 e. The fourth-order valence-corrected chi connectivity index (χ4v) is 3.75. The molecule has 0 saturated heterocycles. The van der Waals surface area contributed by atoms with Gasteiger partial charge in [-0.2, -0.15) is 0 Å². The van der Waals surface area contributed by atoms with Gasteiger partial charge in [0.25, 0.3) is 0 Å². The molecule has 4 atom stereocenters. The topological polar surface area (TPSA) is 47.3 Å². The Morgan fingerprint density at radius 2 is 1.76 bits per heavy atom. The molecule has 0 amide bonds. The lowest BCUT2D eigenvalue weighted by molar-refractivity contribution is 0.105. The van der Waals surface area contributed by atoms with Crippen LogP contribution in [0.25, 0.3) is 0 Å². The van der Waals surface area contributed by atoms with Crippen molar-refractivity contribution < 1.29 is 4.74 Å². The molecular weight excluding hydrogens is 260 g/mol. The van der Waals surface area contributed by atoms with Crippen LogP contribution in [0.3, 0.4) is 0 Å². The van der Waals surface area contributed by atoms with E-state index in [2.05, 4.69) is 36.5 Å². The molecule has 2 saturated carbocycles. The van der Waals surface area contributed by atoms with Crippen molar-refractivity contribution in [1.82, 2.24) is 5.32 Å². The van der Waals surface area contributed by atoms with E-state index in [1.807, 2.05) is 0 Å². The molecule has 116 valence electrons. The summed E-state index contributed by atoms with van der Waals surface area (Å²) in [5.74, 6) is 1.03. The zero-order valence-electron chi connectivity index (χ0n) is 13.1. The zero-order valence-corrected chi connectivity index (χ0v) is 13.1. The number of nitrogens with two attached hydrogens (primary N) is 1. The molecular formula is C18H28N2O. The summed E-state index contributed by atoms with van der Waals surface area (Å²) in [6, 6.07) is 9.58. The Labute approximate surface area is 128 Å². The normalized spacial score (nSPS) is 33.0. The first kappa shape index (κ1) is 14.9. The Bertz CT molecular complexity index is 462. The maximum atomic E-state index is 6.34. The van der Waals surface area contributed by atoms with Gasteiger partial charge in [0, 0.05) is 18.1 Å². The molecule has 1 aromatic carbocycles. The van der Waals surface area contributed by atoms with E-state index in [4.69, 9.17) is 10.5 Å². The van der Waals surface area contributed by atoms with Crippen LogP contribution in [0.5, 0.6) is 5.75 Å². The van der Waals surface area contributed by atoms with Gasteiger partial charge < -0.3 is 15.8 Å². The molecule has 0 radical (unpaired) electrons. The average molecular weight is 288 g/mol. The van der Waals surface area contributed by atoms with Crippen LogP contribution in [0, 0.1) is 6.92 Å². The summed E-state index contributed by atoms with van der Waals surface area (Å²) in [4.78, 5) is 0. The number of hydrogen-bond acceptors (Lipinski definition) is 3. The minimum atomic E-state index is 0.285. The highest BCUT2D eigenvalue weighted by Gasteiger charge is 2.32. The number of benzene rings is 1. The Hall–Kier alpha value is -1.06. The van der Waals surface area contributed by atoms with Gasteiger partial charge in [-0.05, 0) is 50.7 Å². The largest absolute Gasteiger partial charge is 0.489 e. The molecule has 3 rings (SSSR count). The number of hydrogen-bond donors (Lipinski definition) is 2. The highest BCUT2D eigenvalue weighted by atomic mass is 16.5. The Morgan fingerprint density at radius 3 is 2.52 bits per heavy atom. The molecule has 0 spiro atoms. The molecule has 3 nitrogen and oxygen atoms in total. The number of ether oxygens (including phenoxy) is 1. The van der Waals surface area contributed by atoms with E-state index < -0.39 is 0 Å². The molecule has 4 unspecified atom stereocenters. The summed E-state index contributed by atoms with van der Waals surface area (Å²) < 4.78 is 6.34. The Morgan fingerprint density at radius 1 is 1.00 bits per heavy atom. The lowest BCUT2D eigenvalue weighted by Crippen LogP contribution is -2.53. The molecule has 0 aliphatic heterocycles. The van der Waals surface area contributed by atoms with Gasteiger partial charge in [-0.3, -0.25) is 0 Å². The van der Waals surface area contributed by atoms with Crippen LogP contribution in [-0.2, 0) is 0 Å². The molecule has 2 aliphatic carbocycles. The first-order chi connectivity index (χ1) is 10.2. The summed E-state index contributed by atoms with van der Waals surface area (Å²) in [5, 5.41) is 3.81. The van der Waals surface area contributed by atoms with Crippen LogP contribution in [-0.4, -0.2) is 24.2 Å². The fraction of sp³-hybridized carbons (Fsp3) is 0.667. The van der Waals surface area contributed by atoms with Gasteiger partial charge >= 0.3 is 0 Å². The number of nitrogens with one attached hydrogen (secondary N) is 1. The van der Waals surface area contributed by atoms with Gasteiger partial charge in [0.1, 0.15) is 11.9 Å². The second-order valence-electron chi connectivity index (χ2n) is 6.68. The van der Waals surface area contributed by atoms with Crippen LogP contribution in [0.1, 0.15) is 50.5 Å². The second kappa shape index (κ2) is 6.80. The van der Waals surface area contributed by atoms with Crippen molar-refractivity contribution >= 4 is 0 Å². The van der Waals surface area contributed by atoms with Gasteiger partial charge in [-0.25, -0.2) is 0 Å². The van der Waals surface area contributed by atoms with E-state index in [0.717, 1.165) is 18.6 Å². The first-order valence-corrected chi connectivity index (χ1v) is 8.48. The number of para-hydroxylation sites is 1. The van der Waals surface area contributed by atoms with E-state index in [9.17, 15) is 0 Å². The molecule has 2 fully saturated rings. The molecule has 0 bridgehead atoms. The first-order valence-electron chi connectivity index (χ1n) is 8.48. The predicted molar refractivity (Wildman–Crippen MR) is 86.6 cm³/mol. The number of aryl methyl sites for hydroxylation is 1. The SMILES string of the molecule is Cc1ccccc1OC1CCCCC1NC1CCCC1N. The van der Waals surface area contributed by atoms with E-state index in [1.165, 1.54) is 37.7 Å². The molecule has 3 heteroatoms. The predicted octanol–water partition coefficient (Wildman–Crippen LogP) is 3.15. The van der Waals surface area contributed by atoms with Gasteiger partial charge in [0.15, 0.2) is 0 Å². The lowest BCUT2D eigenvalue weighted by Gasteiger charge is -2.35. The van der Waals surface area contributed by atoms with Crippen LogP contribution < -0.4 is 15.8 Å². The van der Waals surface area contributed by atoms with E-state index in [0.29, 0.717) is 18.1 Å². The van der Waals surface area contributed by atoms with Crippen molar-refractivity contribution in [1.29, 1.82) is 0 Å². The lowest BCUT2D eigenvalue weighted by atomic mass is 9.91. The van der Waals surface area contributed by atoms with Crippen molar-refractivity contribution in [2.45, 2.75) is 76.1 Å². The third kappa shape index (κ3) is 3.58. The van der Waals surface area contributed by atoms with Crippen LogP contribution >= 0.6 is 0 Å². The monoisotopic (exact) mass is 288 g/mol. The van der Waals surface area contributed by atoms with Gasteiger partial charge in [0.2, 0.25) is 0 Å². The zero-order chi connectivity index (χ0) is 14.7. The minimum absolute atomic E-state index is 0.285.